The fraction of sp³-hybridized carbons (Fsp3) is 0.364. The highest BCUT2D eigenvalue weighted by Crippen LogP contribution is 2.43. The minimum Gasteiger partial charge on any atom is -0.497 e. The lowest BCUT2D eigenvalue weighted by Crippen LogP contribution is -2.57. The van der Waals surface area contributed by atoms with Crippen molar-refractivity contribution in [1.29, 1.82) is 0 Å². The molecule has 214 valence electrons. The Hall–Kier alpha value is -4.01. The molecule has 0 unspecified atom stereocenters. The van der Waals surface area contributed by atoms with Gasteiger partial charge in [0.05, 0.1) is 26.4 Å². The van der Waals surface area contributed by atoms with E-state index in [1.165, 1.54) is 22.2 Å². The van der Waals surface area contributed by atoms with Crippen molar-refractivity contribution in [2.45, 2.75) is 38.0 Å². The van der Waals surface area contributed by atoms with Crippen LogP contribution in [0.5, 0.6) is 11.5 Å². The van der Waals surface area contributed by atoms with Gasteiger partial charge >= 0.3 is 6.03 Å². The molecule has 1 aromatic heterocycles. The predicted molar refractivity (Wildman–Crippen MR) is 162 cm³/mol. The van der Waals surface area contributed by atoms with E-state index in [9.17, 15) is 9.90 Å². The summed E-state index contributed by atoms with van der Waals surface area (Å²) in [5, 5.41) is 15.1. The molecule has 2 aliphatic heterocycles. The van der Waals surface area contributed by atoms with Crippen LogP contribution in [0.15, 0.2) is 66.7 Å². The third kappa shape index (κ3) is 5.13. The summed E-state index contributed by atoms with van der Waals surface area (Å²) in [6, 6.07) is 21.9. The summed E-state index contributed by atoms with van der Waals surface area (Å²) in [5.74, 6) is 1.53. The van der Waals surface area contributed by atoms with Crippen LogP contribution in [0.2, 0.25) is 0 Å². The molecule has 0 saturated carbocycles. The van der Waals surface area contributed by atoms with Crippen molar-refractivity contribution in [3.05, 3.63) is 78.0 Å². The van der Waals surface area contributed by atoms with E-state index in [0.29, 0.717) is 5.69 Å². The molecule has 41 heavy (non-hydrogen) atoms. The number of hydrogen-bond donors (Lipinski definition) is 3. The van der Waals surface area contributed by atoms with Gasteiger partial charge in [-0.2, -0.15) is 0 Å². The highest BCUT2D eigenvalue weighted by atomic mass is 16.5. The summed E-state index contributed by atoms with van der Waals surface area (Å²) < 4.78 is 10.6. The number of H-pyrrole nitrogens is 1. The van der Waals surface area contributed by atoms with Crippen LogP contribution in [0.25, 0.3) is 22.0 Å². The number of urea groups is 1. The molecule has 3 N–H and O–H groups in total. The maximum atomic E-state index is 13.4. The second-order valence-electron chi connectivity index (χ2n) is 11.2. The van der Waals surface area contributed by atoms with Crippen molar-refractivity contribution in [2.24, 2.45) is 5.92 Å². The van der Waals surface area contributed by atoms with E-state index in [1.54, 1.807) is 19.1 Å². The minimum atomic E-state index is -0.534. The minimum absolute atomic E-state index is 0.0505. The maximum Gasteiger partial charge on any atom is 0.321 e. The Morgan fingerprint density at radius 3 is 2.34 bits per heavy atom. The lowest BCUT2D eigenvalue weighted by molar-refractivity contribution is -0.0177. The summed E-state index contributed by atoms with van der Waals surface area (Å²) in [5.41, 5.74) is 6.76. The van der Waals surface area contributed by atoms with Gasteiger partial charge in [0.15, 0.2) is 0 Å². The number of methoxy groups -OCH3 is 2. The number of piperidine rings is 1. The standard InChI is InChI=1S/C33H38N4O4/c1-20(38)28-19-37-16-15-26-27-17-22(21-5-10-24(40-3)11-6-21)7-14-29(27)35-32(26)31(37)18-30(28)36(2)33(39)34-23-8-12-25(41-4)13-9-23/h5-14,17,20,28,30-31,35,38H,15-16,18-19H2,1-4H3,(H,34,39)/t20-,28-,30-,31-/m0/s1. The highest BCUT2D eigenvalue weighted by Gasteiger charge is 2.44. The van der Waals surface area contributed by atoms with Crippen LogP contribution in [0.1, 0.15) is 30.6 Å². The maximum absolute atomic E-state index is 13.4. The van der Waals surface area contributed by atoms with Crippen LogP contribution in [0.4, 0.5) is 10.5 Å². The number of aromatic nitrogens is 1. The molecule has 1 fully saturated rings. The molecule has 8 heteroatoms. The summed E-state index contributed by atoms with van der Waals surface area (Å²) in [6.45, 7) is 3.50. The Labute approximate surface area is 240 Å². The van der Waals surface area contributed by atoms with Crippen LogP contribution in [-0.4, -0.2) is 72.4 Å². The Morgan fingerprint density at radius 1 is 1.02 bits per heavy atom. The van der Waals surface area contributed by atoms with Crippen LogP contribution < -0.4 is 14.8 Å². The predicted octanol–water partition coefficient (Wildman–Crippen LogP) is 5.68. The van der Waals surface area contributed by atoms with E-state index < -0.39 is 6.10 Å². The van der Waals surface area contributed by atoms with Crippen LogP contribution in [0, 0.1) is 5.92 Å². The van der Waals surface area contributed by atoms with Gasteiger partial charge in [0.1, 0.15) is 11.5 Å². The molecule has 2 amide bonds. The van der Waals surface area contributed by atoms with Gasteiger partial charge in [0.2, 0.25) is 0 Å². The lowest BCUT2D eigenvalue weighted by atomic mass is 9.80. The van der Waals surface area contributed by atoms with Gasteiger partial charge in [-0.3, -0.25) is 4.90 Å². The number of carbonyl (C=O) groups excluding carboxylic acids is 1. The second-order valence-corrected chi connectivity index (χ2v) is 11.2. The molecule has 1 saturated heterocycles. The number of carbonyl (C=O) groups is 1. The molecule has 4 aromatic rings. The van der Waals surface area contributed by atoms with E-state index in [2.05, 4.69) is 45.5 Å². The van der Waals surface area contributed by atoms with E-state index in [4.69, 9.17) is 9.47 Å². The molecule has 0 aliphatic carbocycles. The van der Waals surface area contributed by atoms with Crippen LogP contribution in [-0.2, 0) is 6.42 Å². The number of anilines is 1. The summed E-state index contributed by atoms with van der Waals surface area (Å²) >= 11 is 0. The number of fused-ring (bicyclic) bond motifs is 5. The number of aliphatic hydroxyl groups is 1. The normalized spacial score (nSPS) is 21.0. The Balaban J connectivity index is 1.27. The van der Waals surface area contributed by atoms with Gasteiger partial charge in [0.25, 0.3) is 0 Å². The number of rotatable bonds is 6. The topological polar surface area (TPSA) is 90.1 Å². The first kappa shape index (κ1) is 27.2. The number of ether oxygens (including phenoxy) is 2. The number of benzene rings is 3. The number of aromatic amines is 1. The van der Waals surface area contributed by atoms with Gasteiger partial charge in [-0.15, -0.1) is 0 Å². The fourth-order valence-corrected chi connectivity index (χ4v) is 6.62. The quantitative estimate of drug-likeness (QED) is 0.285. The van der Waals surface area contributed by atoms with Gasteiger partial charge in [-0.25, -0.2) is 4.79 Å². The SMILES string of the molecule is COc1ccc(NC(=O)N(C)[C@H]2C[C@H]3c4[nH]c5ccc(-c6ccc(OC)cc6)cc5c4CCN3C[C@H]2[C@H](C)O)cc1. The van der Waals surface area contributed by atoms with Crippen molar-refractivity contribution in [2.75, 3.05) is 39.7 Å². The Kier molecular flexibility index (Phi) is 7.36. The zero-order valence-electron chi connectivity index (χ0n) is 24.1. The molecule has 4 atom stereocenters. The van der Waals surface area contributed by atoms with E-state index in [1.807, 2.05) is 50.4 Å². The van der Waals surface area contributed by atoms with E-state index in [-0.39, 0.29) is 24.0 Å². The summed E-state index contributed by atoms with van der Waals surface area (Å²) in [6.07, 6.45) is 1.16. The van der Waals surface area contributed by atoms with Gasteiger partial charge in [-0.05, 0) is 85.0 Å². The molecule has 8 nitrogen and oxygen atoms in total. The van der Waals surface area contributed by atoms with Crippen molar-refractivity contribution in [3.8, 4) is 22.6 Å². The van der Waals surface area contributed by atoms with Crippen molar-refractivity contribution < 1.29 is 19.4 Å². The van der Waals surface area contributed by atoms with E-state index >= 15 is 0 Å². The molecule has 6 rings (SSSR count). The lowest BCUT2D eigenvalue weighted by Gasteiger charge is -2.49. The fourth-order valence-electron chi connectivity index (χ4n) is 6.62. The molecule has 0 radical (unpaired) electrons. The third-order valence-corrected chi connectivity index (χ3v) is 8.97. The number of aliphatic hydroxyl groups excluding tert-OH is 1. The summed E-state index contributed by atoms with van der Waals surface area (Å²) in [7, 11) is 5.14. The molecular formula is C33H38N4O4. The number of hydrogen-bond acceptors (Lipinski definition) is 5. The van der Waals surface area contributed by atoms with Gasteiger partial charge < -0.3 is 29.8 Å². The van der Waals surface area contributed by atoms with E-state index in [0.717, 1.165) is 48.5 Å². The highest BCUT2D eigenvalue weighted by molar-refractivity contribution is 5.90. The van der Waals surface area contributed by atoms with Gasteiger partial charge in [0, 0.05) is 54.4 Å². The van der Waals surface area contributed by atoms with Crippen molar-refractivity contribution >= 4 is 22.6 Å². The molecular weight excluding hydrogens is 516 g/mol. The third-order valence-electron chi connectivity index (χ3n) is 8.97. The average Bonchev–Trinajstić information content (AvgIpc) is 3.38. The number of nitrogens with zero attached hydrogens (tertiary/aromatic N) is 2. The Bertz CT molecular complexity index is 1530. The number of nitrogens with one attached hydrogen (secondary N) is 2. The van der Waals surface area contributed by atoms with Crippen LogP contribution >= 0.6 is 0 Å². The molecule has 0 spiro atoms. The second kappa shape index (κ2) is 11.1. The van der Waals surface area contributed by atoms with Gasteiger partial charge in [-0.1, -0.05) is 18.2 Å². The number of amides is 2. The molecule has 3 aromatic carbocycles. The zero-order chi connectivity index (χ0) is 28.7. The van der Waals surface area contributed by atoms with Crippen molar-refractivity contribution in [1.82, 2.24) is 14.8 Å². The van der Waals surface area contributed by atoms with Crippen LogP contribution in [0.3, 0.4) is 0 Å². The molecule has 3 heterocycles. The smallest absolute Gasteiger partial charge is 0.321 e. The monoisotopic (exact) mass is 554 g/mol. The first-order valence-electron chi connectivity index (χ1n) is 14.2. The first-order valence-corrected chi connectivity index (χ1v) is 14.2. The molecule has 2 aliphatic rings. The largest absolute Gasteiger partial charge is 0.497 e. The Morgan fingerprint density at radius 2 is 1.68 bits per heavy atom. The first-order chi connectivity index (χ1) is 19.9. The van der Waals surface area contributed by atoms with Crippen molar-refractivity contribution in [3.63, 3.8) is 0 Å². The average molecular weight is 555 g/mol. The summed E-state index contributed by atoms with van der Waals surface area (Å²) in [4.78, 5) is 21.4. The molecule has 0 bridgehead atoms. The zero-order valence-corrected chi connectivity index (χ0v) is 24.1.